The molecular weight excluding hydrogens is 242 g/mol. The maximum Gasteiger partial charge on any atom is 0.257 e. The number of nitrogens with zero attached hydrogens (tertiary/aromatic N) is 1. The Hall–Kier alpha value is -1.86. The zero-order valence-corrected chi connectivity index (χ0v) is 9.61. The van der Waals surface area contributed by atoms with Crippen molar-refractivity contribution in [3.05, 3.63) is 42.4 Å². The van der Waals surface area contributed by atoms with Crippen molar-refractivity contribution in [2.24, 2.45) is 0 Å². The maximum absolute atomic E-state index is 11.7. The van der Waals surface area contributed by atoms with Crippen molar-refractivity contribution in [2.45, 2.75) is 11.6 Å². The van der Waals surface area contributed by atoms with Crippen molar-refractivity contribution in [2.75, 3.05) is 0 Å². The van der Waals surface area contributed by atoms with Gasteiger partial charge in [-0.25, -0.2) is 18.1 Å². The predicted molar refractivity (Wildman–Crippen MR) is 60.7 cm³/mol. The fraction of sp³-hybridized carbons (Fsp3) is 0.100. The van der Waals surface area contributed by atoms with E-state index in [4.69, 9.17) is 5.11 Å². The van der Waals surface area contributed by atoms with Crippen LogP contribution in [-0.4, -0.2) is 23.5 Å². The minimum atomic E-state index is -3.56. The number of aromatic amines is 1. The van der Waals surface area contributed by atoms with Gasteiger partial charge >= 0.3 is 0 Å². The lowest BCUT2D eigenvalue weighted by Crippen LogP contribution is -2.23. The fourth-order valence-corrected chi connectivity index (χ4v) is 2.18. The molecular formula is C10H11N3O3S. The van der Waals surface area contributed by atoms with E-state index in [-0.39, 0.29) is 17.3 Å². The molecule has 0 aliphatic rings. The molecule has 0 aliphatic carbocycles. The maximum atomic E-state index is 11.7. The largest absolute Gasteiger partial charge is 0.508 e. The van der Waals surface area contributed by atoms with Gasteiger partial charge in [0.15, 0.2) is 5.03 Å². The molecule has 2 aromatic rings. The summed E-state index contributed by atoms with van der Waals surface area (Å²) in [6, 6.07) is 6.29. The van der Waals surface area contributed by atoms with E-state index in [0.717, 1.165) is 5.56 Å². The van der Waals surface area contributed by atoms with Crippen LogP contribution in [0.1, 0.15) is 5.56 Å². The average Bonchev–Trinajstić information content (AvgIpc) is 2.82. The minimum absolute atomic E-state index is 0.0243. The fourth-order valence-electron chi connectivity index (χ4n) is 1.26. The monoisotopic (exact) mass is 253 g/mol. The van der Waals surface area contributed by atoms with Crippen molar-refractivity contribution in [3.63, 3.8) is 0 Å². The van der Waals surface area contributed by atoms with Crippen molar-refractivity contribution in [1.82, 2.24) is 14.7 Å². The molecule has 0 fully saturated rings. The molecule has 90 valence electrons. The topological polar surface area (TPSA) is 95.1 Å². The van der Waals surface area contributed by atoms with Crippen LogP contribution in [0.15, 0.2) is 41.8 Å². The first-order valence-electron chi connectivity index (χ1n) is 4.84. The van der Waals surface area contributed by atoms with Crippen LogP contribution >= 0.6 is 0 Å². The second-order valence-electron chi connectivity index (χ2n) is 3.41. The summed E-state index contributed by atoms with van der Waals surface area (Å²) in [6.45, 7) is 0.154. The zero-order valence-electron chi connectivity index (χ0n) is 8.79. The molecule has 0 amide bonds. The van der Waals surface area contributed by atoms with Gasteiger partial charge in [-0.1, -0.05) is 12.1 Å². The summed E-state index contributed by atoms with van der Waals surface area (Å²) < 4.78 is 25.8. The van der Waals surface area contributed by atoms with Crippen LogP contribution in [0.5, 0.6) is 5.75 Å². The molecule has 1 heterocycles. The number of rotatable bonds is 4. The number of hydrogen-bond donors (Lipinski definition) is 3. The second-order valence-corrected chi connectivity index (χ2v) is 5.14. The lowest BCUT2D eigenvalue weighted by atomic mass is 10.2. The van der Waals surface area contributed by atoms with Gasteiger partial charge in [0.1, 0.15) is 5.75 Å². The third-order valence-electron chi connectivity index (χ3n) is 2.17. The van der Waals surface area contributed by atoms with Crippen LogP contribution < -0.4 is 4.72 Å². The SMILES string of the molecule is O=S(=O)(NCc1ccc(O)cc1)c1cnc[nH]1. The molecule has 0 aliphatic heterocycles. The van der Waals surface area contributed by atoms with E-state index in [1.165, 1.54) is 24.7 Å². The molecule has 1 aromatic heterocycles. The summed E-state index contributed by atoms with van der Waals surface area (Å²) in [6.07, 6.45) is 2.54. The Morgan fingerprint density at radius 3 is 2.59 bits per heavy atom. The Kier molecular flexibility index (Phi) is 3.12. The number of phenolic OH excluding ortho intramolecular Hbond substituents is 1. The smallest absolute Gasteiger partial charge is 0.257 e. The van der Waals surface area contributed by atoms with Crippen molar-refractivity contribution in [1.29, 1.82) is 0 Å². The Balaban J connectivity index is 2.06. The molecule has 0 atom stereocenters. The number of aromatic nitrogens is 2. The standard InChI is InChI=1S/C10H11N3O3S/c14-9-3-1-8(2-4-9)5-13-17(15,16)10-6-11-7-12-10/h1-4,6-7,13-14H,5H2,(H,11,12). The Bertz CT molecular complexity index is 576. The number of sulfonamides is 1. The number of nitrogens with one attached hydrogen (secondary N) is 2. The lowest BCUT2D eigenvalue weighted by molar-refractivity contribution is 0.475. The van der Waals surface area contributed by atoms with E-state index < -0.39 is 10.0 Å². The number of phenols is 1. The van der Waals surface area contributed by atoms with Crippen molar-refractivity contribution < 1.29 is 13.5 Å². The van der Waals surface area contributed by atoms with Crippen LogP contribution in [0.25, 0.3) is 0 Å². The molecule has 0 saturated heterocycles. The van der Waals surface area contributed by atoms with Gasteiger partial charge < -0.3 is 10.1 Å². The molecule has 0 spiro atoms. The summed E-state index contributed by atoms with van der Waals surface area (Å²) in [5.41, 5.74) is 0.755. The van der Waals surface area contributed by atoms with Gasteiger partial charge in [-0.3, -0.25) is 0 Å². The van der Waals surface area contributed by atoms with E-state index in [9.17, 15) is 8.42 Å². The highest BCUT2D eigenvalue weighted by Crippen LogP contribution is 2.10. The zero-order chi connectivity index (χ0) is 12.3. The number of imidazole rings is 1. The Morgan fingerprint density at radius 2 is 2.00 bits per heavy atom. The van der Waals surface area contributed by atoms with E-state index >= 15 is 0 Å². The molecule has 0 unspecified atom stereocenters. The van der Waals surface area contributed by atoms with Gasteiger partial charge in [-0.05, 0) is 17.7 Å². The number of H-pyrrole nitrogens is 1. The van der Waals surface area contributed by atoms with Gasteiger partial charge in [0.25, 0.3) is 10.0 Å². The lowest BCUT2D eigenvalue weighted by Gasteiger charge is -2.04. The molecule has 0 bridgehead atoms. The highest BCUT2D eigenvalue weighted by Gasteiger charge is 2.14. The average molecular weight is 253 g/mol. The summed E-state index contributed by atoms with van der Waals surface area (Å²) in [5, 5.41) is 9.11. The number of aromatic hydroxyl groups is 1. The van der Waals surface area contributed by atoms with Crippen molar-refractivity contribution >= 4 is 10.0 Å². The van der Waals surface area contributed by atoms with Crippen LogP contribution in [0.2, 0.25) is 0 Å². The van der Waals surface area contributed by atoms with Gasteiger partial charge in [0.05, 0.1) is 12.5 Å². The van der Waals surface area contributed by atoms with Crippen LogP contribution in [0.4, 0.5) is 0 Å². The second kappa shape index (κ2) is 4.56. The Morgan fingerprint density at radius 1 is 1.29 bits per heavy atom. The van der Waals surface area contributed by atoms with E-state index in [1.807, 2.05) is 0 Å². The number of hydrogen-bond acceptors (Lipinski definition) is 4. The molecule has 2 rings (SSSR count). The molecule has 0 saturated carbocycles. The summed E-state index contributed by atoms with van der Waals surface area (Å²) in [5.74, 6) is 0.144. The summed E-state index contributed by atoms with van der Waals surface area (Å²) in [4.78, 5) is 6.17. The molecule has 17 heavy (non-hydrogen) atoms. The first-order valence-corrected chi connectivity index (χ1v) is 6.32. The van der Waals surface area contributed by atoms with Crippen LogP contribution in [-0.2, 0) is 16.6 Å². The van der Waals surface area contributed by atoms with E-state index in [2.05, 4.69) is 14.7 Å². The predicted octanol–water partition coefficient (Wildman–Crippen LogP) is 0.594. The Labute approximate surface area is 98.4 Å². The van der Waals surface area contributed by atoms with Gasteiger partial charge in [-0.15, -0.1) is 0 Å². The van der Waals surface area contributed by atoms with E-state index in [0.29, 0.717) is 0 Å². The molecule has 1 aromatic carbocycles. The highest BCUT2D eigenvalue weighted by atomic mass is 32.2. The van der Waals surface area contributed by atoms with Crippen LogP contribution in [0.3, 0.4) is 0 Å². The minimum Gasteiger partial charge on any atom is -0.508 e. The first kappa shape index (κ1) is 11.6. The molecule has 6 nitrogen and oxygen atoms in total. The van der Waals surface area contributed by atoms with Gasteiger partial charge in [0, 0.05) is 6.54 Å². The third kappa shape index (κ3) is 2.83. The van der Waals surface area contributed by atoms with Gasteiger partial charge in [0.2, 0.25) is 0 Å². The van der Waals surface area contributed by atoms with E-state index in [1.54, 1.807) is 12.1 Å². The van der Waals surface area contributed by atoms with Crippen molar-refractivity contribution in [3.8, 4) is 5.75 Å². The summed E-state index contributed by atoms with van der Waals surface area (Å²) >= 11 is 0. The quantitative estimate of drug-likeness (QED) is 0.743. The van der Waals surface area contributed by atoms with Gasteiger partial charge in [-0.2, -0.15) is 0 Å². The van der Waals surface area contributed by atoms with Crippen LogP contribution in [0, 0.1) is 0 Å². The highest BCUT2D eigenvalue weighted by molar-refractivity contribution is 7.89. The first-order chi connectivity index (χ1) is 8.08. The molecule has 3 N–H and O–H groups in total. The molecule has 7 heteroatoms. The number of benzene rings is 1. The third-order valence-corrected chi connectivity index (χ3v) is 3.49. The molecule has 0 radical (unpaired) electrons. The normalized spacial score (nSPS) is 11.5. The summed E-state index contributed by atoms with van der Waals surface area (Å²) in [7, 11) is -3.56.